The molecule has 0 bridgehead atoms. The normalized spacial score (nSPS) is 19.4. The molecule has 1 aliphatic carbocycles. The third-order valence-corrected chi connectivity index (χ3v) is 4.99. The third-order valence-electron chi connectivity index (χ3n) is 4.99. The first-order chi connectivity index (χ1) is 11.4. The van der Waals surface area contributed by atoms with Gasteiger partial charge in [0.2, 0.25) is 0 Å². The van der Waals surface area contributed by atoms with Crippen molar-refractivity contribution in [2.24, 2.45) is 5.16 Å². The van der Waals surface area contributed by atoms with Gasteiger partial charge in [0.25, 0.3) is 0 Å². The number of nitrogens with zero attached hydrogens (tertiary/aromatic N) is 1. The van der Waals surface area contributed by atoms with Crippen LogP contribution in [-0.4, -0.2) is 22.1 Å². The summed E-state index contributed by atoms with van der Waals surface area (Å²) >= 11 is 0. The van der Waals surface area contributed by atoms with Crippen LogP contribution >= 0.6 is 0 Å². The predicted molar refractivity (Wildman–Crippen MR) is 98.5 cm³/mol. The fourth-order valence-electron chi connectivity index (χ4n) is 3.35. The van der Waals surface area contributed by atoms with E-state index in [4.69, 9.17) is 0 Å². The summed E-state index contributed by atoms with van der Waals surface area (Å²) in [6.07, 6.45) is -0.313. The van der Waals surface area contributed by atoms with Gasteiger partial charge in [0, 0.05) is 12.0 Å². The van der Waals surface area contributed by atoms with Gasteiger partial charge >= 0.3 is 0 Å². The summed E-state index contributed by atoms with van der Waals surface area (Å²) in [7, 11) is 0. The first-order valence-electron chi connectivity index (χ1n) is 8.21. The van der Waals surface area contributed by atoms with E-state index in [9.17, 15) is 10.3 Å². The smallest absolute Gasteiger partial charge is 0.116 e. The van der Waals surface area contributed by atoms with Crippen LogP contribution in [0.15, 0.2) is 41.6 Å². The van der Waals surface area contributed by atoms with Crippen molar-refractivity contribution in [3.63, 3.8) is 0 Å². The van der Waals surface area contributed by atoms with Crippen LogP contribution < -0.4 is 0 Å². The maximum atomic E-state index is 10.4. The summed E-state index contributed by atoms with van der Waals surface area (Å²) in [6, 6.07) is 12.5. The van der Waals surface area contributed by atoms with Gasteiger partial charge in [-0.2, -0.15) is 0 Å². The van der Waals surface area contributed by atoms with Crippen molar-refractivity contribution in [1.82, 2.24) is 0 Å². The zero-order chi connectivity index (χ0) is 17.4. The van der Waals surface area contributed by atoms with E-state index in [1.165, 1.54) is 22.3 Å². The number of aliphatic hydroxyl groups is 1. The molecule has 0 fully saturated rings. The minimum atomic E-state index is -0.775. The summed E-state index contributed by atoms with van der Waals surface area (Å²) in [5.74, 6) is 0. The number of oxime groups is 1. The highest BCUT2D eigenvalue weighted by atomic mass is 16.4. The van der Waals surface area contributed by atoms with Crippen molar-refractivity contribution in [2.75, 3.05) is 0 Å². The number of hydrogen-bond donors (Lipinski definition) is 2. The number of benzene rings is 2. The zero-order valence-electron chi connectivity index (χ0n) is 14.6. The Bertz CT molecular complexity index is 822. The van der Waals surface area contributed by atoms with E-state index in [1.807, 2.05) is 0 Å². The van der Waals surface area contributed by atoms with Gasteiger partial charge in [-0.25, -0.2) is 0 Å². The van der Waals surface area contributed by atoms with Crippen LogP contribution in [0.5, 0.6) is 0 Å². The molecule has 2 aromatic rings. The molecular formula is C21H23NO2. The second kappa shape index (κ2) is 6.25. The summed E-state index contributed by atoms with van der Waals surface area (Å²) in [4.78, 5) is 0. The molecule has 0 radical (unpaired) electrons. The molecule has 3 heteroatoms. The van der Waals surface area contributed by atoms with Gasteiger partial charge < -0.3 is 10.3 Å². The molecule has 2 N–H and O–H groups in total. The molecule has 0 amide bonds. The van der Waals surface area contributed by atoms with Crippen molar-refractivity contribution < 1.29 is 10.3 Å². The maximum Gasteiger partial charge on any atom is 0.116 e. The number of hydrogen-bond acceptors (Lipinski definition) is 3. The monoisotopic (exact) mass is 321 g/mol. The standard InChI is InChI=1S/C21H23NO2/c1-12-5-7-16(8-6-12)18-11-19(23)21(22-24)20(18)17-9-13(2)15(4)14(3)10-17/h5-10,19,23-24H,11H2,1-4H3/b22-21+. The molecule has 24 heavy (non-hydrogen) atoms. The predicted octanol–water partition coefficient (Wildman–Crippen LogP) is 4.43. The van der Waals surface area contributed by atoms with E-state index in [-0.39, 0.29) is 0 Å². The molecule has 0 aromatic heterocycles. The van der Waals surface area contributed by atoms with Crippen molar-refractivity contribution in [3.8, 4) is 0 Å². The molecule has 1 unspecified atom stereocenters. The van der Waals surface area contributed by atoms with Gasteiger partial charge in [0.1, 0.15) is 11.8 Å². The quantitative estimate of drug-likeness (QED) is 0.635. The third kappa shape index (κ3) is 2.76. The van der Waals surface area contributed by atoms with Crippen molar-refractivity contribution in [1.29, 1.82) is 0 Å². The lowest BCUT2D eigenvalue weighted by Gasteiger charge is -2.13. The first-order valence-corrected chi connectivity index (χ1v) is 8.21. The second-order valence-corrected chi connectivity index (χ2v) is 6.66. The van der Waals surface area contributed by atoms with E-state index in [0.29, 0.717) is 12.1 Å². The topological polar surface area (TPSA) is 52.8 Å². The van der Waals surface area contributed by atoms with Crippen LogP contribution in [0.1, 0.15) is 39.8 Å². The Hall–Kier alpha value is -2.39. The maximum absolute atomic E-state index is 10.4. The minimum Gasteiger partial charge on any atom is -0.411 e. The van der Waals surface area contributed by atoms with Crippen molar-refractivity contribution in [3.05, 3.63) is 69.8 Å². The Balaban J connectivity index is 2.25. The van der Waals surface area contributed by atoms with E-state index in [0.717, 1.165) is 22.3 Å². The lowest BCUT2D eigenvalue weighted by molar-refractivity contribution is 0.240. The molecule has 0 heterocycles. The number of rotatable bonds is 2. The Labute approximate surface area is 143 Å². The Morgan fingerprint density at radius 3 is 2.04 bits per heavy atom. The molecule has 1 atom stereocenters. The number of aliphatic hydroxyl groups excluding tert-OH is 1. The van der Waals surface area contributed by atoms with E-state index in [1.54, 1.807) is 0 Å². The average Bonchev–Trinajstić information content (AvgIpc) is 2.89. The highest BCUT2D eigenvalue weighted by molar-refractivity contribution is 6.35. The summed E-state index contributed by atoms with van der Waals surface area (Å²) in [6.45, 7) is 8.32. The van der Waals surface area contributed by atoms with E-state index >= 15 is 0 Å². The molecule has 0 saturated carbocycles. The lowest BCUT2D eigenvalue weighted by Crippen LogP contribution is -2.15. The van der Waals surface area contributed by atoms with E-state index < -0.39 is 6.10 Å². The lowest BCUT2D eigenvalue weighted by atomic mass is 9.92. The van der Waals surface area contributed by atoms with Crippen LogP contribution in [0.4, 0.5) is 0 Å². The molecule has 1 aliphatic rings. The van der Waals surface area contributed by atoms with Crippen LogP contribution in [0, 0.1) is 27.7 Å². The molecule has 0 aliphatic heterocycles. The van der Waals surface area contributed by atoms with Gasteiger partial charge in [0.05, 0.1) is 0 Å². The minimum absolute atomic E-state index is 0.355. The van der Waals surface area contributed by atoms with Crippen LogP contribution in [0.2, 0.25) is 0 Å². The Kier molecular flexibility index (Phi) is 4.29. The van der Waals surface area contributed by atoms with Crippen LogP contribution in [0.3, 0.4) is 0 Å². The van der Waals surface area contributed by atoms with Gasteiger partial charge in [-0.05, 0) is 61.1 Å². The molecule has 124 valence electrons. The molecule has 3 nitrogen and oxygen atoms in total. The molecule has 3 rings (SSSR count). The Morgan fingerprint density at radius 1 is 0.917 bits per heavy atom. The SMILES string of the molecule is Cc1ccc(C2=C(c3cc(C)c(C)c(C)c3)/C(=N/O)C(O)C2)cc1. The zero-order valence-corrected chi connectivity index (χ0v) is 14.6. The van der Waals surface area contributed by atoms with Crippen molar-refractivity contribution in [2.45, 2.75) is 40.2 Å². The molecular weight excluding hydrogens is 298 g/mol. The average molecular weight is 321 g/mol. The summed E-state index contributed by atoms with van der Waals surface area (Å²) in [5, 5.41) is 23.2. The highest BCUT2D eigenvalue weighted by Gasteiger charge is 2.32. The largest absolute Gasteiger partial charge is 0.411 e. The van der Waals surface area contributed by atoms with Crippen molar-refractivity contribution >= 4 is 16.9 Å². The van der Waals surface area contributed by atoms with Gasteiger partial charge in [-0.15, -0.1) is 0 Å². The second-order valence-electron chi connectivity index (χ2n) is 6.66. The summed E-state index contributed by atoms with van der Waals surface area (Å²) < 4.78 is 0. The molecule has 2 aromatic carbocycles. The summed E-state index contributed by atoms with van der Waals surface area (Å²) in [5.41, 5.74) is 9.12. The van der Waals surface area contributed by atoms with Crippen LogP contribution in [-0.2, 0) is 0 Å². The fraction of sp³-hybridized carbons (Fsp3) is 0.286. The first kappa shape index (κ1) is 16.5. The highest BCUT2D eigenvalue weighted by Crippen LogP contribution is 2.39. The molecule has 0 saturated heterocycles. The van der Waals surface area contributed by atoms with Gasteiger partial charge in [-0.1, -0.05) is 47.1 Å². The molecule has 0 spiro atoms. The van der Waals surface area contributed by atoms with Crippen LogP contribution in [0.25, 0.3) is 11.1 Å². The van der Waals surface area contributed by atoms with Gasteiger partial charge in [0.15, 0.2) is 0 Å². The Morgan fingerprint density at radius 2 is 1.50 bits per heavy atom. The van der Waals surface area contributed by atoms with E-state index in [2.05, 4.69) is 69.2 Å². The number of aryl methyl sites for hydroxylation is 3. The fourth-order valence-corrected chi connectivity index (χ4v) is 3.35. The van der Waals surface area contributed by atoms with Gasteiger partial charge in [-0.3, -0.25) is 0 Å².